The first kappa shape index (κ1) is 22.9. The van der Waals surface area contributed by atoms with Crippen molar-refractivity contribution < 1.29 is 22.7 Å². The Morgan fingerprint density at radius 1 is 1.16 bits per heavy atom. The van der Waals surface area contributed by atoms with E-state index in [9.17, 15) is 13.2 Å². The van der Waals surface area contributed by atoms with Crippen LogP contribution in [0.15, 0.2) is 48.5 Å². The fourth-order valence-corrected chi connectivity index (χ4v) is 4.39. The molecule has 2 aromatic carbocycles. The number of amides is 1. The molecule has 31 heavy (non-hydrogen) atoms. The second-order valence-electron chi connectivity index (χ2n) is 8.42. The topological polar surface area (TPSA) is 84.9 Å². The van der Waals surface area contributed by atoms with Gasteiger partial charge in [-0.05, 0) is 42.2 Å². The molecule has 0 aliphatic carbocycles. The van der Waals surface area contributed by atoms with Crippen molar-refractivity contribution in [3.05, 3.63) is 54.1 Å². The Morgan fingerprint density at radius 3 is 2.48 bits per heavy atom. The molecular weight excluding hydrogens is 416 g/mol. The molecule has 2 aromatic rings. The highest BCUT2D eigenvalue weighted by Gasteiger charge is 2.35. The molecule has 0 radical (unpaired) electrons. The summed E-state index contributed by atoms with van der Waals surface area (Å²) in [6.07, 6.45) is -0.928. The first-order chi connectivity index (χ1) is 14.6. The van der Waals surface area contributed by atoms with Gasteiger partial charge in [0.1, 0.15) is 18.1 Å². The number of hydrogen-bond donors (Lipinski definition) is 1. The Hall–Kier alpha value is -2.74. The highest BCUT2D eigenvalue weighted by molar-refractivity contribution is 7.92. The summed E-state index contributed by atoms with van der Waals surface area (Å²) < 4.78 is 37.7. The Morgan fingerprint density at radius 2 is 1.84 bits per heavy atom. The lowest BCUT2D eigenvalue weighted by Gasteiger charge is -2.34. The summed E-state index contributed by atoms with van der Waals surface area (Å²) in [6, 6.07) is 14.7. The maximum atomic E-state index is 12.6. The number of hydrogen-bond acceptors (Lipinski definition) is 5. The summed E-state index contributed by atoms with van der Waals surface area (Å²) >= 11 is 0. The van der Waals surface area contributed by atoms with E-state index in [1.54, 1.807) is 31.2 Å². The summed E-state index contributed by atoms with van der Waals surface area (Å²) in [5, 5.41) is 2.77. The highest BCUT2D eigenvalue weighted by atomic mass is 32.2. The number of para-hydroxylation sites is 2. The van der Waals surface area contributed by atoms with Gasteiger partial charge in [0.15, 0.2) is 6.10 Å². The molecule has 0 saturated heterocycles. The summed E-state index contributed by atoms with van der Waals surface area (Å²) in [5.41, 5.74) is 1.74. The third-order valence-electron chi connectivity index (χ3n) is 5.12. The number of fused-ring (bicyclic) bond motifs is 1. The number of sulfonamides is 1. The predicted octanol–water partition coefficient (Wildman–Crippen LogP) is 3.10. The zero-order valence-corrected chi connectivity index (χ0v) is 19.2. The van der Waals surface area contributed by atoms with Crippen LogP contribution in [0.3, 0.4) is 0 Å². The van der Waals surface area contributed by atoms with Crippen molar-refractivity contribution in [1.29, 1.82) is 0 Å². The molecule has 1 heterocycles. The SMILES string of the molecule is CCS(=O)(=O)N1CC(C(=O)NCCOc2ccc(C(C)(C)C)cc2)Oc2ccccc21. The summed E-state index contributed by atoms with van der Waals surface area (Å²) in [4.78, 5) is 12.6. The van der Waals surface area contributed by atoms with E-state index in [1.807, 2.05) is 24.3 Å². The van der Waals surface area contributed by atoms with E-state index in [1.165, 1.54) is 9.87 Å². The molecule has 1 aliphatic heterocycles. The minimum absolute atomic E-state index is 0.0580. The van der Waals surface area contributed by atoms with Crippen molar-refractivity contribution in [3.8, 4) is 11.5 Å². The first-order valence-corrected chi connectivity index (χ1v) is 12.0. The van der Waals surface area contributed by atoms with E-state index in [2.05, 4.69) is 26.1 Å². The van der Waals surface area contributed by atoms with Gasteiger partial charge in [-0.15, -0.1) is 0 Å². The molecule has 0 bridgehead atoms. The molecule has 1 amide bonds. The zero-order chi connectivity index (χ0) is 22.6. The number of nitrogens with zero attached hydrogens (tertiary/aromatic N) is 1. The normalized spacial score (nSPS) is 16.3. The van der Waals surface area contributed by atoms with Crippen LogP contribution in [0.4, 0.5) is 5.69 Å². The van der Waals surface area contributed by atoms with Gasteiger partial charge in [0, 0.05) is 0 Å². The molecule has 1 atom stereocenters. The van der Waals surface area contributed by atoms with Crippen LogP contribution in [0.25, 0.3) is 0 Å². The monoisotopic (exact) mass is 446 g/mol. The number of nitrogens with one attached hydrogen (secondary N) is 1. The van der Waals surface area contributed by atoms with E-state index < -0.39 is 16.1 Å². The van der Waals surface area contributed by atoms with Crippen LogP contribution in [-0.2, 0) is 20.2 Å². The van der Waals surface area contributed by atoms with Crippen LogP contribution in [0.5, 0.6) is 11.5 Å². The maximum Gasteiger partial charge on any atom is 0.263 e. The van der Waals surface area contributed by atoms with Crippen molar-refractivity contribution in [2.24, 2.45) is 0 Å². The molecule has 168 valence electrons. The quantitative estimate of drug-likeness (QED) is 0.661. The number of ether oxygens (including phenoxy) is 2. The summed E-state index contributed by atoms with van der Waals surface area (Å²) in [7, 11) is -3.53. The Labute approximate surface area is 184 Å². The van der Waals surface area contributed by atoms with Crippen molar-refractivity contribution in [2.45, 2.75) is 39.2 Å². The molecule has 0 aromatic heterocycles. The number of carbonyl (C=O) groups is 1. The van der Waals surface area contributed by atoms with Crippen LogP contribution in [0.2, 0.25) is 0 Å². The second-order valence-corrected chi connectivity index (χ2v) is 10.6. The van der Waals surface area contributed by atoms with E-state index in [0.29, 0.717) is 18.0 Å². The van der Waals surface area contributed by atoms with Gasteiger partial charge in [-0.1, -0.05) is 45.0 Å². The molecule has 0 fully saturated rings. The zero-order valence-electron chi connectivity index (χ0n) is 18.4. The largest absolute Gasteiger partial charge is 0.492 e. The number of benzene rings is 2. The smallest absolute Gasteiger partial charge is 0.263 e. The average molecular weight is 447 g/mol. The van der Waals surface area contributed by atoms with Gasteiger partial charge in [-0.3, -0.25) is 9.10 Å². The van der Waals surface area contributed by atoms with Gasteiger partial charge in [0.2, 0.25) is 10.0 Å². The number of anilines is 1. The lowest BCUT2D eigenvalue weighted by atomic mass is 9.87. The van der Waals surface area contributed by atoms with E-state index >= 15 is 0 Å². The van der Waals surface area contributed by atoms with Crippen LogP contribution in [0.1, 0.15) is 33.3 Å². The minimum atomic E-state index is -3.53. The second kappa shape index (κ2) is 9.18. The number of carbonyl (C=O) groups excluding carboxylic acids is 1. The van der Waals surface area contributed by atoms with Gasteiger partial charge in [-0.2, -0.15) is 0 Å². The van der Waals surface area contributed by atoms with Gasteiger partial charge >= 0.3 is 0 Å². The van der Waals surface area contributed by atoms with Crippen molar-refractivity contribution in [3.63, 3.8) is 0 Å². The maximum absolute atomic E-state index is 12.6. The highest BCUT2D eigenvalue weighted by Crippen LogP contribution is 2.35. The average Bonchev–Trinajstić information content (AvgIpc) is 2.75. The van der Waals surface area contributed by atoms with Crippen LogP contribution in [-0.4, -0.2) is 45.9 Å². The van der Waals surface area contributed by atoms with Gasteiger partial charge in [-0.25, -0.2) is 8.42 Å². The van der Waals surface area contributed by atoms with E-state index in [-0.39, 0.29) is 30.2 Å². The molecule has 1 N–H and O–H groups in total. The Balaban J connectivity index is 1.56. The van der Waals surface area contributed by atoms with E-state index in [4.69, 9.17) is 9.47 Å². The standard InChI is InChI=1S/C23H30N2O5S/c1-5-31(27,28)25-16-21(30-20-9-7-6-8-19(20)25)22(26)24-14-15-29-18-12-10-17(11-13-18)23(2,3)4/h6-13,21H,5,14-16H2,1-4H3,(H,24,26). The van der Waals surface area contributed by atoms with Crippen molar-refractivity contribution in [1.82, 2.24) is 5.32 Å². The fourth-order valence-electron chi connectivity index (χ4n) is 3.27. The summed E-state index contributed by atoms with van der Waals surface area (Å²) in [6.45, 7) is 8.54. The first-order valence-electron chi connectivity index (χ1n) is 10.4. The minimum Gasteiger partial charge on any atom is -0.492 e. The molecule has 8 heteroatoms. The van der Waals surface area contributed by atoms with Gasteiger partial charge in [0.05, 0.1) is 24.5 Å². The molecule has 0 spiro atoms. The molecule has 1 unspecified atom stereocenters. The summed E-state index contributed by atoms with van der Waals surface area (Å²) in [5.74, 6) is 0.668. The third kappa shape index (κ3) is 5.50. The lowest BCUT2D eigenvalue weighted by molar-refractivity contribution is -0.127. The molecular formula is C23H30N2O5S. The lowest BCUT2D eigenvalue weighted by Crippen LogP contribution is -2.51. The fraction of sp³-hybridized carbons (Fsp3) is 0.435. The Kier molecular flexibility index (Phi) is 6.79. The molecule has 3 rings (SSSR count). The van der Waals surface area contributed by atoms with Crippen LogP contribution < -0.4 is 19.1 Å². The van der Waals surface area contributed by atoms with E-state index in [0.717, 1.165) is 5.75 Å². The Bertz CT molecular complexity index is 1010. The van der Waals surface area contributed by atoms with Crippen LogP contribution >= 0.6 is 0 Å². The van der Waals surface area contributed by atoms with Gasteiger partial charge in [0.25, 0.3) is 5.91 Å². The number of rotatable bonds is 7. The van der Waals surface area contributed by atoms with Crippen LogP contribution in [0, 0.1) is 0 Å². The predicted molar refractivity (Wildman–Crippen MR) is 121 cm³/mol. The van der Waals surface area contributed by atoms with Crippen molar-refractivity contribution >= 4 is 21.6 Å². The molecule has 1 aliphatic rings. The van der Waals surface area contributed by atoms with Gasteiger partial charge < -0.3 is 14.8 Å². The molecule has 7 nitrogen and oxygen atoms in total. The van der Waals surface area contributed by atoms with Crippen molar-refractivity contribution in [2.75, 3.05) is 29.8 Å². The third-order valence-corrected chi connectivity index (χ3v) is 6.87. The molecule has 0 saturated carbocycles.